The fraction of sp³-hybridized carbons (Fsp3) is 0.300. The third-order valence-electron chi connectivity index (χ3n) is 3.99. The van der Waals surface area contributed by atoms with Crippen LogP contribution < -0.4 is 24.4 Å². The third kappa shape index (κ3) is 4.69. The molecule has 0 unspecified atom stereocenters. The van der Waals surface area contributed by atoms with Crippen LogP contribution in [-0.2, 0) is 0 Å². The highest BCUT2D eigenvalue weighted by Gasteiger charge is 2.12. The van der Waals surface area contributed by atoms with Crippen LogP contribution in [0.4, 0.5) is 0 Å². The van der Waals surface area contributed by atoms with Gasteiger partial charge < -0.3 is 18.9 Å². The zero-order chi connectivity index (χ0) is 19.8. The van der Waals surface area contributed by atoms with Gasteiger partial charge in [-0.25, -0.2) is 5.43 Å². The van der Waals surface area contributed by atoms with E-state index in [0.717, 1.165) is 5.56 Å². The summed E-state index contributed by atoms with van der Waals surface area (Å²) in [6.45, 7) is 1.96. The molecular formula is C20H24N2O5. The van der Waals surface area contributed by atoms with Crippen molar-refractivity contribution < 1.29 is 23.7 Å². The van der Waals surface area contributed by atoms with Gasteiger partial charge in [-0.3, -0.25) is 4.79 Å². The van der Waals surface area contributed by atoms with E-state index in [9.17, 15) is 4.79 Å². The number of methoxy groups -OCH3 is 4. The third-order valence-corrected chi connectivity index (χ3v) is 3.99. The van der Waals surface area contributed by atoms with Gasteiger partial charge in [0.25, 0.3) is 5.91 Å². The van der Waals surface area contributed by atoms with Crippen LogP contribution in [0.15, 0.2) is 41.5 Å². The Morgan fingerprint density at radius 1 is 0.815 bits per heavy atom. The standard InChI is InChI=1S/C20H24N2O5/c1-6-15(13-7-9-16(24-2)18(11-13)26-4)21-22-20(23)14-8-10-17(25-3)19(12-14)27-5/h7-12H,6H2,1-5H3,(H,22,23)/b21-15+. The Labute approximate surface area is 158 Å². The molecule has 0 atom stereocenters. The Kier molecular flexibility index (Phi) is 7.05. The number of benzene rings is 2. The first-order valence-electron chi connectivity index (χ1n) is 8.39. The molecular weight excluding hydrogens is 348 g/mol. The zero-order valence-corrected chi connectivity index (χ0v) is 16.2. The molecule has 7 nitrogen and oxygen atoms in total. The molecule has 2 rings (SSSR count). The number of hydrazone groups is 1. The summed E-state index contributed by atoms with van der Waals surface area (Å²) in [5.41, 5.74) is 4.55. The minimum atomic E-state index is -0.345. The van der Waals surface area contributed by atoms with Gasteiger partial charge in [-0.2, -0.15) is 5.10 Å². The van der Waals surface area contributed by atoms with E-state index in [0.29, 0.717) is 40.7 Å². The molecule has 144 valence electrons. The number of carbonyl (C=O) groups excluding carboxylic acids is 1. The molecule has 0 heterocycles. The van der Waals surface area contributed by atoms with Crippen LogP contribution in [0.25, 0.3) is 0 Å². The summed E-state index contributed by atoms with van der Waals surface area (Å²) in [5, 5.41) is 4.27. The highest BCUT2D eigenvalue weighted by molar-refractivity contribution is 6.02. The van der Waals surface area contributed by atoms with Crippen LogP contribution >= 0.6 is 0 Å². The highest BCUT2D eigenvalue weighted by atomic mass is 16.5. The summed E-state index contributed by atoms with van der Waals surface area (Å²) in [4.78, 5) is 12.4. The van der Waals surface area contributed by atoms with Crippen molar-refractivity contribution in [1.82, 2.24) is 5.43 Å². The summed E-state index contributed by atoms with van der Waals surface area (Å²) in [5.74, 6) is 1.91. The number of hydrogen-bond donors (Lipinski definition) is 1. The Balaban J connectivity index is 2.23. The monoisotopic (exact) mass is 372 g/mol. The molecule has 0 saturated heterocycles. The largest absolute Gasteiger partial charge is 0.493 e. The molecule has 0 bridgehead atoms. The van der Waals surface area contributed by atoms with E-state index in [1.807, 2.05) is 19.1 Å². The minimum Gasteiger partial charge on any atom is -0.493 e. The molecule has 0 aromatic heterocycles. The van der Waals surface area contributed by atoms with E-state index >= 15 is 0 Å². The van der Waals surface area contributed by atoms with Crippen LogP contribution in [0, 0.1) is 0 Å². The second kappa shape index (κ2) is 9.47. The van der Waals surface area contributed by atoms with Crippen LogP contribution in [0.3, 0.4) is 0 Å². The molecule has 2 aromatic rings. The number of nitrogens with one attached hydrogen (secondary N) is 1. The number of rotatable bonds is 8. The van der Waals surface area contributed by atoms with E-state index in [1.54, 1.807) is 45.6 Å². The van der Waals surface area contributed by atoms with Crippen molar-refractivity contribution >= 4 is 11.6 Å². The second-order valence-corrected chi connectivity index (χ2v) is 5.49. The maximum absolute atomic E-state index is 12.4. The maximum Gasteiger partial charge on any atom is 0.271 e. The fourth-order valence-corrected chi connectivity index (χ4v) is 2.52. The van der Waals surface area contributed by atoms with Crippen LogP contribution in [0.2, 0.25) is 0 Å². The summed E-state index contributed by atoms with van der Waals surface area (Å²) in [6, 6.07) is 10.4. The smallest absolute Gasteiger partial charge is 0.271 e. The Morgan fingerprint density at radius 2 is 1.30 bits per heavy atom. The van der Waals surface area contributed by atoms with Gasteiger partial charge in [0, 0.05) is 11.1 Å². The lowest BCUT2D eigenvalue weighted by Crippen LogP contribution is -2.20. The lowest BCUT2D eigenvalue weighted by molar-refractivity contribution is 0.0954. The molecule has 0 saturated carbocycles. The number of amides is 1. The SMILES string of the molecule is CC/C(=N\NC(=O)c1ccc(OC)c(OC)c1)c1ccc(OC)c(OC)c1. The fourth-order valence-electron chi connectivity index (χ4n) is 2.52. The highest BCUT2D eigenvalue weighted by Crippen LogP contribution is 2.29. The minimum absolute atomic E-state index is 0.345. The number of nitrogens with zero attached hydrogens (tertiary/aromatic N) is 1. The lowest BCUT2D eigenvalue weighted by Gasteiger charge is -2.11. The zero-order valence-electron chi connectivity index (χ0n) is 16.2. The molecule has 1 N–H and O–H groups in total. The summed E-state index contributed by atoms with van der Waals surface area (Å²) < 4.78 is 21.0. The van der Waals surface area contributed by atoms with E-state index in [1.165, 1.54) is 7.11 Å². The van der Waals surface area contributed by atoms with Crippen molar-refractivity contribution in [1.29, 1.82) is 0 Å². The first kappa shape index (κ1) is 20.1. The molecule has 1 amide bonds. The number of hydrogen-bond acceptors (Lipinski definition) is 6. The van der Waals surface area contributed by atoms with Crippen molar-refractivity contribution in [3.8, 4) is 23.0 Å². The topological polar surface area (TPSA) is 78.4 Å². The van der Waals surface area contributed by atoms with Crippen molar-refractivity contribution in [3.63, 3.8) is 0 Å². The molecule has 27 heavy (non-hydrogen) atoms. The second-order valence-electron chi connectivity index (χ2n) is 5.49. The summed E-state index contributed by atoms with van der Waals surface area (Å²) >= 11 is 0. The first-order valence-corrected chi connectivity index (χ1v) is 8.39. The van der Waals surface area contributed by atoms with Crippen molar-refractivity contribution in [3.05, 3.63) is 47.5 Å². The molecule has 0 aliphatic heterocycles. The summed E-state index contributed by atoms with van der Waals surface area (Å²) in [7, 11) is 6.21. The van der Waals surface area contributed by atoms with E-state index in [-0.39, 0.29) is 5.91 Å². The van der Waals surface area contributed by atoms with Gasteiger partial charge in [-0.15, -0.1) is 0 Å². The average molecular weight is 372 g/mol. The van der Waals surface area contributed by atoms with Crippen LogP contribution in [0.1, 0.15) is 29.3 Å². The van der Waals surface area contributed by atoms with E-state index in [4.69, 9.17) is 18.9 Å². The van der Waals surface area contributed by atoms with Gasteiger partial charge >= 0.3 is 0 Å². The molecule has 0 fully saturated rings. The predicted molar refractivity (Wildman–Crippen MR) is 103 cm³/mol. The van der Waals surface area contributed by atoms with Crippen molar-refractivity contribution in [2.24, 2.45) is 5.10 Å². The van der Waals surface area contributed by atoms with Crippen molar-refractivity contribution in [2.75, 3.05) is 28.4 Å². The van der Waals surface area contributed by atoms with Gasteiger partial charge in [0.1, 0.15) is 0 Å². The molecule has 0 aliphatic carbocycles. The molecule has 0 spiro atoms. The van der Waals surface area contributed by atoms with Gasteiger partial charge in [-0.05, 0) is 42.8 Å². The van der Waals surface area contributed by atoms with Crippen molar-refractivity contribution in [2.45, 2.75) is 13.3 Å². The molecule has 0 aliphatic rings. The van der Waals surface area contributed by atoms with E-state index < -0.39 is 0 Å². The molecule has 2 aromatic carbocycles. The quantitative estimate of drug-likeness (QED) is 0.568. The Bertz CT molecular complexity index is 833. The average Bonchev–Trinajstić information content (AvgIpc) is 2.73. The van der Waals surface area contributed by atoms with E-state index in [2.05, 4.69) is 10.5 Å². The maximum atomic E-state index is 12.4. The number of ether oxygens (including phenoxy) is 4. The predicted octanol–water partition coefficient (Wildman–Crippen LogP) is 3.27. The van der Waals surface area contributed by atoms with Gasteiger partial charge in [0.15, 0.2) is 23.0 Å². The normalized spacial score (nSPS) is 10.9. The van der Waals surface area contributed by atoms with Crippen LogP contribution in [0.5, 0.6) is 23.0 Å². The van der Waals surface area contributed by atoms with Gasteiger partial charge in [-0.1, -0.05) is 6.92 Å². The first-order chi connectivity index (χ1) is 13.1. The number of carbonyl (C=O) groups is 1. The van der Waals surface area contributed by atoms with Crippen LogP contribution in [-0.4, -0.2) is 40.1 Å². The summed E-state index contributed by atoms with van der Waals surface area (Å²) in [6.07, 6.45) is 0.627. The molecule has 0 radical (unpaired) electrons. The van der Waals surface area contributed by atoms with Gasteiger partial charge in [0.05, 0.1) is 34.2 Å². The van der Waals surface area contributed by atoms with Gasteiger partial charge in [0.2, 0.25) is 0 Å². The Hall–Kier alpha value is -3.22. The Morgan fingerprint density at radius 3 is 1.78 bits per heavy atom. The lowest BCUT2D eigenvalue weighted by atomic mass is 10.1. The molecule has 7 heteroatoms.